The number of H-pyrrole nitrogens is 1. The number of thiazole rings is 1. The number of hydrogen-bond acceptors (Lipinski definition) is 6. The van der Waals surface area contributed by atoms with Crippen molar-refractivity contribution < 1.29 is 14.0 Å². The molecule has 4 aromatic rings. The van der Waals surface area contributed by atoms with E-state index in [1.54, 1.807) is 23.6 Å². The van der Waals surface area contributed by atoms with Crippen LogP contribution in [0.1, 0.15) is 21.9 Å². The first-order valence-corrected chi connectivity index (χ1v) is 10.2. The number of hydrogen-bond donors (Lipinski definition) is 3. The van der Waals surface area contributed by atoms with E-state index in [2.05, 4.69) is 30.8 Å². The lowest BCUT2D eigenvalue weighted by Gasteiger charge is -2.05. The van der Waals surface area contributed by atoms with Crippen LogP contribution in [0.2, 0.25) is 0 Å². The molecule has 2 heterocycles. The maximum Gasteiger partial charge on any atom is 0.260 e. The lowest BCUT2D eigenvalue weighted by molar-refractivity contribution is -0.115. The fraction of sp³-hybridized carbons (Fsp3) is 0.0952. The van der Waals surface area contributed by atoms with Crippen LogP contribution in [0, 0.1) is 12.7 Å². The van der Waals surface area contributed by atoms with E-state index in [0.29, 0.717) is 22.3 Å². The topological polar surface area (TPSA) is 113 Å². The largest absolute Gasteiger partial charge is 0.326 e. The smallest absolute Gasteiger partial charge is 0.260 e. The Kier molecular flexibility index (Phi) is 5.80. The molecular formula is C21H17FN6O2S. The maximum atomic E-state index is 13.7. The van der Waals surface area contributed by atoms with Gasteiger partial charge >= 0.3 is 0 Å². The molecule has 0 spiro atoms. The molecule has 0 aliphatic carbocycles. The number of aromatic amines is 1. The van der Waals surface area contributed by atoms with Crippen molar-refractivity contribution in [1.29, 1.82) is 0 Å². The Labute approximate surface area is 180 Å². The summed E-state index contributed by atoms with van der Waals surface area (Å²) in [5.41, 5.74) is 1.89. The van der Waals surface area contributed by atoms with Crippen molar-refractivity contribution in [1.82, 2.24) is 20.2 Å². The molecular weight excluding hydrogens is 419 g/mol. The summed E-state index contributed by atoms with van der Waals surface area (Å²) in [6.45, 7) is 1.82. The molecule has 31 heavy (non-hydrogen) atoms. The van der Waals surface area contributed by atoms with Gasteiger partial charge < -0.3 is 5.32 Å². The number of carbonyl (C=O) groups is 2. The Hall–Kier alpha value is -3.92. The molecule has 10 heteroatoms. The minimum Gasteiger partial charge on any atom is -0.326 e. The third-order valence-corrected chi connectivity index (χ3v) is 5.06. The van der Waals surface area contributed by atoms with Gasteiger partial charge in [0.2, 0.25) is 5.91 Å². The van der Waals surface area contributed by atoms with Gasteiger partial charge in [-0.05, 0) is 43.3 Å². The SMILES string of the molecule is Cc1nc(-c2ccc(NC(=O)Cc3csc(NC(=O)c4ccccc4F)n3)cc2)n[nH]1. The molecule has 0 bridgehead atoms. The lowest BCUT2D eigenvalue weighted by atomic mass is 10.2. The number of nitrogens with one attached hydrogen (secondary N) is 3. The number of anilines is 2. The van der Waals surface area contributed by atoms with E-state index in [4.69, 9.17) is 0 Å². The van der Waals surface area contributed by atoms with E-state index < -0.39 is 11.7 Å². The van der Waals surface area contributed by atoms with Gasteiger partial charge in [0.1, 0.15) is 11.6 Å². The summed E-state index contributed by atoms with van der Waals surface area (Å²) in [6, 6.07) is 12.9. The van der Waals surface area contributed by atoms with Crippen LogP contribution in [0.5, 0.6) is 0 Å². The van der Waals surface area contributed by atoms with Crippen LogP contribution in [-0.4, -0.2) is 32.0 Å². The van der Waals surface area contributed by atoms with E-state index in [1.165, 1.54) is 29.5 Å². The fourth-order valence-corrected chi connectivity index (χ4v) is 3.50. The van der Waals surface area contributed by atoms with Gasteiger partial charge in [0.15, 0.2) is 11.0 Å². The molecule has 0 aliphatic heterocycles. The highest BCUT2D eigenvalue weighted by atomic mass is 32.1. The molecule has 0 saturated carbocycles. The molecule has 0 saturated heterocycles. The van der Waals surface area contributed by atoms with Gasteiger partial charge in [-0.1, -0.05) is 12.1 Å². The maximum absolute atomic E-state index is 13.7. The Bertz CT molecular complexity index is 1230. The van der Waals surface area contributed by atoms with Gasteiger partial charge in [0.25, 0.3) is 5.91 Å². The minimum atomic E-state index is -0.611. The number of halogens is 1. The van der Waals surface area contributed by atoms with Crippen LogP contribution in [-0.2, 0) is 11.2 Å². The van der Waals surface area contributed by atoms with E-state index in [1.807, 2.05) is 19.1 Å². The van der Waals surface area contributed by atoms with Crippen LogP contribution in [0.25, 0.3) is 11.4 Å². The molecule has 4 rings (SSSR count). The summed E-state index contributed by atoms with van der Waals surface area (Å²) in [5, 5.41) is 14.2. The zero-order valence-electron chi connectivity index (χ0n) is 16.3. The van der Waals surface area contributed by atoms with Gasteiger partial charge in [-0.2, -0.15) is 5.10 Å². The first kappa shape index (κ1) is 20.4. The highest BCUT2D eigenvalue weighted by molar-refractivity contribution is 7.14. The molecule has 8 nitrogen and oxygen atoms in total. The Morgan fingerprint density at radius 2 is 1.84 bits per heavy atom. The van der Waals surface area contributed by atoms with E-state index in [9.17, 15) is 14.0 Å². The molecule has 0 radical (unpaired) electrons. The van der Waals surface area contributed by atoms with Crippen molar-refractivity contribution in [3.63, 3.8) is 0 Å². The van der Waals surface area contributed by atoms with Crippen LogP contribution < -0.4 is 10.6 Å². The second-order valence-corrected chi connectivity index (χ2v) is 7.48. The van der Waals surface area contributed by atoms with Gasteiger partial charge in [0.05, 0.1) is 17.7 Å². The summed E-state index contributed by atoms with van der Waals surface area (Å²) >= 11 is 1.17. The van der Waals surface area contributed by atoms with Crippen LogP contribution in [0.15, 0.2) is 53.9 Å². The zero-order chi connectivity index (χ0) is 21.8. The Morgan fingerprint density at radius 1 is 1.06 bits per heavy atom. The zero-order valence-corrected chi connectivity index (χ0v) is 17.2. The number of aryl methyl sites for hydroxylation is 1. The summed E-state index contributed by atoms with van der Waals surface area (Å²) in [6.07, 6.45) is 0.0357. The van der Waals surface area contributed by atoms with Crippen molar-refractivity contribution in [2.75, 3.05) is 10.6 Å². The van der Waals surface area contributed by atoms with E-state index in [0.717, 1.165) is 11.4 Å². The number of benzene rings is 2. The molecule has 2 aromatic heterocycles. The molecule has 156 valence electrons. The van der Waals surface area contributed by atoms with Crippen molar-refractivity contribution in [2.24, 2.45) is 0 Å². The molecule has 2 amide bonds. The predicted octanol–water partition coefficient (Wildman–Crippen LogP) is 3.81. The molecule has 0 atom stereocenters. The second-order valence-electron chi connectivity index (χ2n) is 6.62. The molecule has 0 aliphatic rings. The van der Waals surface area contributed by atoms with Crippen LogP contribution >= 0.6 is 11.3 Å². The highest BCUT2D eigenvalue weighted by Gasteiger charge is 2.14. The minimum absolute atomic E-state index is 0.0357. The van der Waals surface area contributed by atoms with Gasteiger partial charge in [-0.3, -0.25) is 20.0 Å². The Morgan fingerprint density at radius 3 is 2.55 bits per heavy atom. The van der Waals surface area contributed by atoms with Crippen molar-refractivity contribution >= 4 is 34.0 Å². The molecule has 3 N–H and O–H groups in total. The van der Waals surface area contributed by atoms with Crippen LogP contribution in [0.3, 0.4) is 0 Å². The number of amides is 2. The number of nitrogens with zero attached hydrogens (tertiary/aromatic N) is 3. The van der Waals surface area contributed by atoms with Gasteiger partial charge in [-0.15, -0.1) is 11.3 Å². The average Bonchev–Trinajstić information content (AvgIpc) is 3.37. The quantitative estimate of drug-likeness (QED) is 0.425. The molecule has 0 unspecified atom stereocenters. The normalized spacial score (nSPS) is 10.6. The average molecular weight is 436 g/mol. The van der Waals surface area contributed by atoms with Crippen LogP contribution in [0.4, 0.5) is 15.2 Å². The number of rotatable bonds is 6. The fourth-order valence-electron chi connectivity index (χ4n) is 2.80. The van der Waals surface area contributed by atoms with E-state index >= 15 is 0 Å². The molecule has 0 fully saturated rings. The molecule has 2 aromatic carbocycles. The first-order valence-electron chi connectivity index (χ1n) is 9.27. The van der Waals surface area contributed by atoms with Gasteiger partial charge in [0, 0.05) is 16.6 Å². The lowest BCUT2D eigenvalue weighted by Crippen LogP contribution is -2.15. The summed E-state index contributed by atoms with van der Waals surface area (Å²) in [4.78, 5) is 33.0. The van der Waals surface area contributed by atoms with Crippen molar-refractivity contribution in [3.8, 4) is 11.4 Å². The third-order valence-electron chi connectivity index (χ3n) is 4.26. The summed E-state index contributed by atoms with van der Waals surface area (Å²) in [5.74, 6) is -0.146. The Balaban J connectivity index is 1.34. The van der Waals surface area contributed by atoms with Crippen molar-refractivity contribution in [3.05, 3.63) is 76.8 Å². The summed E-state index contributed by atoms with van der Waals surface area (Å²) in [7, 11) is 0. The second kappa shape index (κ2) is 8.84. The number of aromatic nitrogens is 4. The standard InChI is InChI=1S/C21H17FN6O2S/c1-12-23-19(28-27-12)13-6-8-14(9-7-13)24-18(29)10-15-11-31-21(25-15)26-20(30)16-4-2-3-5-17(16)22/h2-9,11H,10H2,1H3,(H,24,29)(H,23,27,28)(H,25,26,30). The first-order chi connectivity index (χ1) is 15.0. The highest BCUT2D eigenvalue weighted by Crippen LogP contribution is 2.20. The monoisotopic (exact) mass is 436 g/mol. The number of carbonyl (C=O) groups excluding carboxylic acids is 2. The van der Waals surface area contributed by atoms with E-state index in [-0.39, 0.29) is 17.9 Å². The predicted molar refractivity (Wildman–Crippen MR) is 115 cm³/mol. The summed E-state index contributed by atoms with van der Waals surface area (Å²) < 4.78 is 13.7. The van der Waals surface area contributed by atoms with Crippen molar-refractivity contribution in [2.45, 2.75) is 13.3 Å². The van der Waals surface area contributed by atoms with Gasteiger partial charge in [-0.25, -0.2) is 14.4 Å². The third kappa shape index (κ3) is 4.98.